The first-order chi connectivity index (χ1) is 19.9. The maximum absolute atomic E-state index is 13.8. The molecule has 1 aromatic carbocycles. The molecule has 4 aromatic heterocycles. The second kappa shape index (κ2) is 10.7. The van der Waals surface area contributed by atoms with Crippen LogP contribution in [-0.4, -0.2) is 40.0 Å². The number of esters is 1. The van der Waals surface area contributed by atoms with Gasteiger partial charge < -0.3 is 19.4 Å². The Morgan fingerprint density at radius 1 is 1.10 bits per heavy atom. The SMILES string of the molecule is COC(=O)c1c(NC(=O)c2cc3c(=O)n4ccccc4nc3n(Cc3ccc(OC)cc3)c2=N)sc2c1CCCC2. The molecule has 0 unspecified atom stereocenters. The van der Waals surface area contributed by atoms with E-state index in [2.05, 4.69) is 5.32 Å². The third-order valence-corrected chi connectivity index (χ3v) is 8.56. The fourth-order valence-electron chi connectivity index (χ4n) is 5.27. The zero-order chi connectivity index (χ0) is 28.7. The average molecular weight is 570 g/mol. The van der Waals surface area contributed by atoms with Gasteiger partial charge in [0.1, 0.15) is 27.5 Å². The van der Waals surface area contributed by atoms with E-state index in [1.54, 1.807) is 36.1 Å². The molecule has 6 rings (SSSR count). The van der Waals surface area contributed by atoms with Gasteiger partial charge in [-0.15, -0.1) is 11.3 Å². The van der Waals surface area contributed by atoms with E-state index in [0.29, 0.717) is 27.6 Å². The number of nitrogens with one attached hydrogen (secondary N) is 2. The summed E-state index contributed by atoms with van der Waals surface area (Å²) in [6, 6.07) is 14.0. The molecular formula is C30H27N5O5S. The maximum Gasteiger partial charge on any atom is 0.341 e. The van der Waals surface area contributed by atoms with Crippen molar-refractivity contribution in [3.05, 3.63) is 97.7 Å². The highest BCUT2D eigenvalue weighted by Gasteiger charge is 2.28. The fourth-order valence-corrected chi connectivity index (χ4v) is 6.54. The fraction of sp³-hybridized carbons (Fsp3) is 0.233. The van der Waals surface area contributed by atoms with Gasteiger partial charge >= 0.3 is 5.97 Å². The number of nitrogens with zero attached hydrogens (tertiary/aromatic N) is 3. The van der Waals surface area contributed by atoms with Gasteiger partial charge in [0.05, 0.1) is 37.3 Å². The van der Waals surface area contributed by atoms with E-state index < -0.39 is 11.9 Å². The van der Waals surface area contributed by atoms with E-state index >= 15 is 0 Å². The Hall–Kier alpha value is -4.77. The molecule has 0 radical (unpaired) electrons. The molecule has 1 aliphatic rings. The van der Waals surface area contributed by atoms with Gasteiger partial charge in [-0.05, 0) is 67.1 Å². The quantitative estimate of drug-likeness (QED) is 0.233. The number of rotatable bonds is 6. The van der Waals surface area contributed by atoms with Crippen molar-refractivity contribution in [2.75, 3.05) is 19.5 Å². The number of hydrogen-bond acceptors (Lipinski definition) is 8. The highest BCUT2D eigenvalue weighted by molar-refractivity contribution is 7.17. The second-order valence-electron chi connectivity index (χ2n) is 9.78. The Bertz CT molecular complexity index is 1960. The minimum Gasteiger partial charge on any atom is -0.497 e. The summed E-state index contributed by atoms with van der Waals surface area (Å²) in [5.74, 6) is -0.417. The van der Waals surface area contributed by atoms with E-state index in [0.717, 1.165) is 41.7 Å². The number of ether oxygens (including phenoxy) is 2. The number of thiophene rings is 1. The number of amides is 1. The summed E-state index contributed by atoms with van der Waals surface area (Å²) in [5, 5.41) is 12.5. The Morgan fingerprint density at radius 3 is 2.63 bits per heavy atom. The third-order valence-electron chi connectivity index (χ3n) is 7.35. The Morgan fingerprint density at radius 2 is 1.88 bits per heavy atom. The molecule has 0 saturated heterocycles. The van der Waals surface area contributed by atoms with Gasteiger partial charge in [-0.1, -0.05) is 18.2 Å². The lowest BCUT2D eigenvalue weighted by Gasteiger charge is -2.15. The lowest BCUT2D eigenvalue weighted by Crippen LogP contribution is -2.32. The molecule has 41 heavy (non-hydrogen) atoms. The molecular weight excluding hydrogens is 542 g/mol. The molecule has 10 nitrogen and oxygen atoms in total. The van der Waals surface area contributed by atoms with Crippen LogP contribution in [0.2, 0.25) is 0 Å². The van der Waals surface area contributed by atoms with E-state index in [9.17, 15) is 14.4 Å². The minimum atomic E-state index is -0.596. The summed E-state index contributed by atoms with van der Waals surface area (Å²) in [5.41, 5.74) is 2.35. The first kappa shape index (κ1) is 26.5. The smallest absolute Gasteiger partial charge is 0.341 e. The molecule has 4 heterocycles. The molecule has 0 atom stereocenters. The summed E-state index contributed by atoms with van der Waals surface area (Å²) < 4.78 is 13.3. The maximum atomic E-state index is 13.8. The Labute approximate surface area is 238 Å². The van der Waals surface area contributed by atoms with Crippen molar-refractivity contribution in [1.82, 2.24) is 14.0 Å². The number of aromatic nitrogens is 3. The molecule has 2 N–H and O–H groups in total. The van der Waals surface area contributed by atoms with Crippen LogP contribution < -0.4 is 21.1 Å². The largest absolute Gasteiger partial charge is 0.497 e. The average Bonchev–Trinajstić information content (AvgIpc) is 3.36. The molecule has 0 fully saturated rings. The number of carbonyl (C=O) groups excluding carboxylic acids is 2. The molecule has 1 amide bonds. The van der Waals surface area contributed by atoms with Crippen LogP contribution in [0, 0.1) is 5.41 Å². The Kier molecular flexibility index (Phi) is 6.88. The summed E-state index contributed by atoms with van der Waals surface area (Å²) in [4.78, 5) is 45.8. The van der Waals surface area contributed by atoms with Crippen LogP contribution in [0.3, 0.4) is 0 Å². The van der Waals surface area contributed by atoms with E-state index in [-0.39, 0.29) is 28.5 Å². The molecule has 5 aromatic rings. The Balaban J connectivity index is 1.51. The van der Waals surface area contributed by atoms with Crippen molar-refractivity contribution in [3.63, 3.8) is 0 Å². The van der Waals surface area contributed by atoms with Crippen molar-refractivity contribution < 1.29 is 19.1 Å². The number of anilines is 1. The van der Waals surface area contributed by atoms with Crippen molar-refractivity contribution in [2.45, 2.75) is 32.2 Å². The summed E-state index contributed by atoms with van der Waals surface area (Å²) in [6.07, 6.45) is 5.16. The predicted molar refractivity (Wildman–Crippen MR) is 155 cm³/mol. The van der Waals surface area contributed by atoms with Crippen LogP contribution in [0.1, 0.15) is 49.6 Å². The van der Waals surface area contributed by atoms with Crippen molar-refractivity contribution in [2.24, 2.45) is 0 Å². The van der Waals surface area contributed by atoms with Gasteiger partial charge in [0.2, 0.25) is 0 Å². The number of hydrogen-bond donors (Lipinski definition) is 2. The standard InChI is InChI=1S/C30H27N5O5S/c1-39-18-12-10-17(11-13-18)16-35-25(31)20(15-21-26(35)32-23-9-5-6-14-34(23)29(21)37)27(36)33-28-24(30(38)40-2)19-7-3-4-8-22(19)41-28/h5-6,9-15,31H,3-4,7-8,16H2,1-2H3,(H,33,36). The monoisotopic (exact) mass is 569 g/mol. The van der Waals surface area contributed by atoms with Gasteiger partial charge in [-0.2, -0.15) is 0 Å². The molecule has 1 aliphatic carbocycles. The summed E-state index contributed by atoms with van der Waals surface area (Å²) in [6.45, 7) is 0.191. The van der Waals surface area contributed by atoms with E-state index in [1.807, 2.05) is 24.3 Å². The number of carbonyl (C=O) groups is 2. The molecule has 11 heteroatoms. The van der Waals surface area contributed by atoms with Crippen LogP contribution in [0.25, 0.3) is 16.7 Å². The number of methoxy groups -OCH3 is 2. The molecule has 0 saturated carbocycles. The lowest BCUT2D eigenvalue weighted by atomic mass is 9.95. The van der Waals surface area contributed by atoms with Crippen LogP contribution in [0.5, 0.6) is 5.75 Å². The molecule has 208 valence electrons. The van der Waals surface area contributed by atoms with E-state index in [4.69, 9.17) is 19.9 Å². The molecule has 0 bridgehead atoms. The highest BCUT2D eigenvalue weighted by atomic mass is 32.1. The number of fused-ring (bicyclic) bond motifs is 3. The number of pyridine rings is 2. The van der Waals surface area contributed by atoms with Crippen molar-refractivity contribution >= 4 is 44.9 Å². The summed E-state index contributed by atoms with van der Waals surface area (Å²) >= 11 is 1.36. The molecule has 0 spiro atoms. The molecule has 0 aliphatic heterocycles. The van der Waals surface area contributed by atoms with Gasteiger partial charge in [-0.25, -0.2) is 9.78 Å². The second-order valence-corrected chi connectivity index (χ2v) is 10.9. The highest BCUT2D eigenvalue weighted by Crippen LogP contribution is 2.38. The minimum absolute atomic E-state index is 0.0111. The summed E-state index contributed by atoms with van der Waals surface area (Å²) in [7, 11) is 2.90. The topological polar surface area (TPSA) is 128 Å². The van der Waals surface area contributed by atoms with Gasteiger partial charge in [-0.3, -0.25) is 19.4 Å². The third kappa shape index (κ3) is 4.67. The predicted octanol–water partition coefficient (Wildman–Crippen LogP) is 4.16. The van der Waals surface area contributed by atoms with Crippen molar-refractivity contribution in [1.29, 1.82) is 5.41 Å². The van der Waals surface area contributed by atoms with Gasteiger partial charge in [0.15, 0.2) is 0 Å². The van der Waals surface area contributed by atoms with Gasteiger partial charge in [0, 0.05) is 11.1 Å². The van der Waals surface area contributed by atoms with Crippen LogP contribution >= 0.6 is 11.3 Å². The normalized spacial score (nSPS) is 12.7. The van der Waals surface area contributed by atoms with Gasteiger partial charge in [0.25, 0.3) is 11.5 Å². The van der Waals surface area contributed by atoms with Crippen LogP contribution in [-0.2, 0) is 24.1 Å². The zero-order valence-electron chi connectivity index (χ0n) is 22.5. The number of benzene rings is 1. The van der Waals surface area contributed by atoms with Crippen LogP contribution in [0.15, 0.2) is 59.5 Å². The first-order valence-electron chi connectivity index (χ1n) is 13.2. The first-order valence-corrected chi connectivity index (χ1v) is 14.0. The zero-order valence-corrected chi connectivity index (χ0v) is 23.3. The van der Waals surface area contributed by atoms with E-state index in [1.165, 1.54) is 28.9 Å². The lowest BCUT2D eigenvalue weighted by molar-refractivity contribution is 0.0601. The van der Waals surface area contributed by atoms with Crippen LogP contribution in [0.4, 0.5) is 5.00 Å². The van der Waals surface area contributed by atoms with Crippen molar-refractivity contribution in [3.8, 4) is 5.75 Å². The number of aryl methyl sites for hydroxylation is 1.